The van der Waals surface area contributed by atoms with Crippen LogP contribution in [0.2, 0.25) is 0 Å². The molecule has 51 heavy (non-hydrogen) atoms. The molecule has 0 saturated carbocycles. The lowest BCUT2D eigenvalue weighted by molar-refractivity contribution is -0.142. The highest BCUT2D eigenvalue weighted by Crippen LogP contribution is 2.64. The number of benzene rings is 4. The van der Waals surface area contributed by atoms with Crippen LogP contribution < -0.4 is 0 Å². The van der Waals surface area contributed by atoms with E-state index in [0.717, 1.165) is 11.1 Å². The summed E-state index contributed by atoms with van der Waals surface area (Å²) in [6.07, 6.45) is 0.609. The maximum absolute atomic E-state index is 15.9. The third-order valence-corrected chi connectivity index (χ3v) is 10.4. The number of carbonyl (C=O) groups is 4. The first-order valence-electron chi connectivity index (χ1n) is 17.5. The van der Waals surface area contributed by atoms with Crippen molar-refractivity contribution in [3.63, 3.8) is 0 Å². The predicted molar refractivity (Wildman–Crippen MR) is 194 cm³/mol. The lowest BCUT2D eigenvalue weighted by Crippen LogP contribution is -2.51. The topological polar surface area (TPSA) is 84.0 Å². The summed E-state index contributed by atoms with van der Waals surface area (Å²) in [5, 5.41) is 0. The van der Waals surface area contributed by atoms with Crippen molar-refractivity contribution >= 4 is 34.8 Å². The highest BCUT2D eigenvalue weighted by Gasteiger charge is 2.68. The molecule has 0 saturated heterocycles. The second kappa shape index (κ2) is 12.2. The van der Waals surface area contributed by atoms with E-state index in [-0.39, 0.29) is 47.9 Å². The van der Waals surface area contributed by atoms with Crippen molar-refractivity contribution in [3.8, 4) is 0 Å². The Balaban J connectivity index is 1.52. The predicted octanol–water partition coefficient (Wildman–Crippen LogP) is 7.76. The van der Waals surface area contributed by atoms with Crippen molar-refractivity contribution in [3.05, 3.63) is 165 Å². The van der Waals surface area contributed by atoms with Crippen LogP contribution >= 0.6 is 0 Å². The van der Waals surface area contributed by atoms with E-state index >= 15 is 9.59 Å². The number of ether oxygens (including phenoxy) is 1. The zero-order chi connectivity index (χ0) is 35.5. The number of allylic oxidation sites excluding steroid dienone is 1. The minimum Gasteiger partial charge on any atom is -0.463 e. The molecule has 2 aliphatic heterocycles. The van der Waals surface area contributed by atoms with Crippen LogP contribution in [-0.4, -0.2) is 39.8 Å². The van der Waals surface area contributed by atoms with Gasteiger partial charge in [0.2, 0.25) is 5.91 Å². The SMILES string of the molecule is CCOC(=O)C1=C(c2ccccc2)N(Cc2ccccc2)C(=O)C12C1=C(CC(C)(C)CC1=O)N(Cc1ccccc1)C1=C2C(=O)c2ccccc21. The number of Topliss-reactive ketones (excluding diaryl/α,β-unsaturated/α-hetero) is 2. The Bertz CT molecular complexity index is 2220. The van der Waals surface area contributed by atoms with E-state index in [1.54, 1.807) is 24.0 Å². The molecule has 7 nitrogen and oxygen atoms in total. The summed E-state index contributed by atoms with van der Waals surface area (Å²) in [5.41, 5.74) is 2.99. The fraction of sp³-hybridized carbons (Fsp3) is 0.227. The summed E-state index contributed by atoms with van der Waals surface area (Å²) < 4.78 is 5.83. The van der Waals surface area contributed by atoms with Crippen LogP contribution in [0.15, 0.2) is 138 Å². The fourth-order valence-electron chi connectivity index (χ4n) is 8.49. The molecule has 0 fully saturated rings. The molecule has 1 amide bonds. The highest BCUT2D eigenvalue weighted by molar-refractivity contribution is 6.32. The number of hydrogen-bond acceptors (Lipinski definition) is 6. The quantitative estimate of drug-likeness (QED) is 0.187. The van der Waals surface area contributed by atoms with E-state index in [2.05, 4.69) is 18.7 Å². The fourth-order valence-corrected chi connectivity index (χ4v) is 8.49. The summed E-state index contributed by atoms with van der Waals surface area (Å²) in [6, 6.07) is 36.1. The van der Waals surface area contributed by atoms with E-state index in [9.17, 15) is 9.59 Å². The summed E-state index contributed by atoms with van der Waals surface area (Å²) in [5.74, 6) is -1.84. The van der Waals surface area contributed by atoms with Crippen LogP contribution in [0.4, 0.5) is 0 Å². The lowest BCUT2D eigenvalue weighted by Gasteiger charge is -2.48. The molecule has 4 aliphatic rings. The number of rotatable bonds is 7. The molecule has 4 aromatic rings. The number of ketones is 2. The Kier molecular flexibility index (Phi) is 7.75. The average Bonchev–Trinajstić information content (AvgIpc) is 3.56. The minimum atomic E-state index is -2.03. The van der Waals surface area contributed by atoms with Crippen molar-refractivity contribution < 1.29 is 23.9 Å². The van der Waals surface area contributed by atoms with E-state index in [0.29, 0.717) is 46.7 Å². The normalized spacial score (nSPS) is 20.6. The minimum absolute atomic E-state index is 0.0186. The first kappa shape index (κ1) is 32.4. The van der Waals surface area contributed by atoms with Gasteiger partial charge < -0.3 is 14.5 Å². The standard InChI is InChI=1S/C44H38N2O5/c1-4-51-41(49)37-38(30-20-12-7-13-21-30)46(27-29-18-10-6-11-19-29)42(50)44(37)35-33(24-43(2,3)25-34(35)47)45(26-28-16-8-5-9-17-28)39-31-22-14-15-23-32(31)40(48)36(39)44/h5-23H,4,24-27H2,1-3H3. The number of fused-ring (bicyclic) bond motifs is 4. The van der Waals surface area contributed by atoms with Crippen LogP contribution in [0.5, 0.6) is 0 Å². The van der Waals surface area contributed by atoms with Gasteiger partial charge >= 0.3 is 5.97 Å². The zero-order valence-electron chi connectivity index (χ0n) is 28.9. The number of hydrogen-bond donors (Lipinski definition) is 0. The number of esters is 1. The molecule has 2 aliphatic carbocycles. The third-order valence-electron chi connectivity index (χ3n) is 10.4. The summed E-state index contributed by atoms with van der Waals surface area (Å²) >= 11 is 0. The van der Waals surface area contributed by atoms with Gasteiger partial charge in [-0.2, -0.15) is 0 Å². The van der Waals surface area contributed by atoms with Gasteiger partial charge in [-0.1, -0.05) is 129 Å². The average molecular weight is 675 g/mol. The lowest BCUT2D eigenvalue weighted by atomic mass is 9.59. The van der Waals surface area contributed by atoms with E-state index in [4.69, 9.17) is 4.74 Å². The van der Waals surface area contributed by atoms with E-state index < -0.39 is 22.7 Å². The molecule has 1 atom stereocenters. The van der Waals surface area contributed by atoms with Crippen LogP contribution in [0.3, 0.4) is 0 Å². The van der Waals surface area contributed by atoms with Gasteiger partial charge in [-0.15, -0.1) is 0 Å². The number of carbonyl (C=O) groups excluding carboxylic acids is 4. The van der Waals surface area contributed by atoms with E-state index in [1.165, 1.54) is 0 Å². The molecule has 0 bridgehead atoms. The van der Waals surface area contributed by atoms with Crippen molar-refractivity contribution in [1.29, 1.82) is 0 Å². The van der Waals surface area contributed by atoms with Crippen molar-refractivity contribution in [2.45, 2.75) is 46.7 Å². The Labute approximate surface area is 297 Å². The first-order chi connectivity index (χ1) is 24.7. The number of nitrogens with zero attached hydrogens (tertiary/aromatic N) is 2. The second-order valence-corrected chi connectivity index (χ2v) is 14.4. The summed E-state index contributed by atoms with van der Waals surface area (Å²) in [6.45, 7) is 6.35. The third kappa shape index (κ3) is 4.94. The second-order valence-electron chi connectivity index (χ2n) is 14.4. The molecule has 7 heteroatoms. The molecule has 1 unspecified atom stereocenters. The molecule has 2 heterocycles. The molecule has 0 radical (unpaired) electrons. The molecule has 4 aromatic carbocycles. The first-order valence-corrected chi connectivity index (χ1v) is 17.5. The molecular weight excluding hydrogens is 636 g/mol. The Morgan fingerprint density at radius 2 is 1.22 bits per heavy atom. The van der Waals surface area contributed by atoms with Gasteiger partial charge in [-0.25, -0.2) is 4.79 Å². The Morgan fingerprint density at radius 1 is 0.667 bits per heavy atom. The maximum atomic E-state index is 15.9. The van der Waals surface area contributed by atoms with Gasteiger partial charge in [-0.3, -0.25) is 14.4 Å². The van der Waals surface area contributed by atoms with Crippen molar-refractivity contribution in [2.75, 3.05) is 6.61 Å². The van der Waals surface area contributed by atoms with Crippen LogP contribution in [-0.2, 0) is 32.2 Å². The van der Waals surface area contributed by atoms with Gasteiger partial charge in [-0.05, 0) is 35.4 Å². The molecule has 8 rings (SSSR count). The maximum Gasteiger partial charge on any atom is 0.337 e. The number of amides is 1. The van der Waals surface area contributed by atoms with Crippen molar-refractivity contribution in [1.82, 2.24) is 9.80 Å². The van der Waals surface area contributed by atoms with Crippen LogP contribution in [0, 0.1) is 10.8 Å². The van der Waals surface area contributed by atoms with Gasteiger partial charge in [0.05, 0.1) is 30.1 Å². The monoisotopic (exact) mass is 674 g/mol. The van der Waals surface area contributed by atoms with Crippen LogP contribution in [0.1, 0.15) is 66.2 Å². The van der Waals surface area contributed by atoms with Gasteiger partial charge in [0.15, 0.2) is 11.6 Å². The van der Waals surface area contributed by atoms with Gasteiger partial charge in [0, 0.05) is 40.9 Å². The largest absolute Gasteiger partial charge is 0.463 e. The zero-order valence-corrected chi connectivity index (χ0v) is 28.9. The van der Waals surface area contributed by atoms with Crippen molar-refractivity contribution in [2.24, 2.45) is 10.8 Å². The highest BCUT2D eigenvalue weighted by atomic mass is 16.5. The summed E-state index contributed by atoms with van der Waals surface area (Å²) in [4.78, 5) is 64.5. The molecule has 254 valence electrons. The van der Waals surface area contributed by atoms with Gasteiger partial charge in [0.25, 0.3) is 0 Å². The summed E-state index contributed by atoms with van der Waals surface area (Å²) in [7, 11) is 0. The molecule has 0 N–H and O–H groups in total. The molecular formula is C44H38N2O5. The Morgan fingerprint density at radius 3 is 1.82 bits per heavy atom. The Hall–Kier alpha value is -5.82. The van der Waals surface area contributed by atoms with Gasteiger partial charge in [0.1, 0.15) is 5.41 Å². The smallest absolute Gasteiger partial charge is 0.337 e. The molecule has 0 aromatic heterocycles. The molecule has 1 spiro atoms. The van der Waals surface area contributed by atoms with Crippen LogP contribution in [0.25, 0.3) is 11.4 Å². The van der Waals surface area contributed by atoms with E-state index in [1.807, 2.05) is 103 Å².